The van der Waals surface area contributed by atoms with E-state index in [9.17, 15) is 4.79 Å². The van der Waals surface area contributed by atoms with Crippen molar-refractivity contribution < 1.29 is 4.79 Å². The number of likely N-dealkylation sites (N-methyl/N-ethyl adjacent to an activating group) is 1. The third-order valence-corrected chi connectivity index (χ3v) is 3.90. The molecule has 0 spiro atoms. The van der Waals surface area contributed by atoms with Gasteiger partial charge in [0.05, 0.1) is 16.6 Å². The topological polar surface area (TPSA) is 58.1 Å². The number of hydrogen-bond donors (Lipinski definition) is 1. The van der Waals surface area contributed by atoms with Gasteiger partial charge >= 0.3 is 0 Å². The number of anilines is 1. The fourth-order valence-electron chi connectivity index (χ4n) is 1.86. The van der Waals surface area contributed by atoms with Crippen LogP contribution in [0, 0.1) is 0 Å². The van der Waals surface area contributed by atoms with Gasteiger partial charge in [-0.3, -0.25) is 14.7 Å². The quantitative estimate of drug-likeness (QED) is 0.833. The smallest absolute Gasteiger partial charge is 0.243 e. The van der Waals surface area contributed by atoms with Gasteiger partial charge < -0.3 is 5.32 Å². The van der Waals surface area contributed by atoms with Gasteiger partial charge in [0, 0.05) is 12.4 Å². The lowest BCUT2D eigenvalue weighted by Gasteiger charge is -2.21. The lowest BCUT2D eigenvalue weighted by atomic mass is 10.2. The van der Waals surface area contributed by atoms with Gasteiger partial charge in [0.15, 0.2) is 5.13 Å². The highest BCUT2D eigenvalue weighted by Gasteiger charge is 2.20. The molecule has 1 amide bonds. The van der Waals surface area contributed by atoms with Crippen LogP contribution in [0.5, 0.6) is 0 Å². The van der Waals surface area contributed by atoms with Crippen LogP contribution in [0.4, 0.5) is 5.13 Å². The van der Waals surface area contributed by atoms with Gasteiger partial charge in [0.2, 0.25) is 5.91 Å². The molecule has 5 nitrogen and oxygen atoms in total. The molecule has 21 heavy (non-hydrogen) atoms. The Morgan fingerprint density at radius 1 is 1.48 bits per heavy atom. The van der Waals surface area contributed by atoms with E-state index >= 15 is 0 Å². The molecule has 2 rings (SSSR count). The molecule has 2 heterocycles. The van der Waals surface area contributed by atoms with E-state index in [1.165, 1.54) is 11.3 Å². The fourth-order valence-corrected chi connectivity index (χ4v) is 2.65. The molecule has 2 aromatic heterocycles. The largest absolute Gasteiger partial charge is 0.301 e. The Labute approximate surface area is 128 Å². The van der Waals surface area contributed by atoms with E-state index in [2.05, 4.69) is 21.9 Å². The number of carbonyl (C=O) groups excluding carboxylic acids is 1. The van der Waals surface area contributed by atoms with Gasteiger partial charge in [-0.1, -0.05) is 23.5 Å². The Bertz CT molecular complexity index is 609. The molecule has 0 aliphatic rings. The summed E-state index contributed by atoms with van der Waals surface area (Å²) in [5, 5.41) is 3.43. The Morgan fingerprint density at radius 3 is 2.90 bits per heavy atom. The van der Waals surface area contributed by atoms with E-state index < -0.39 is 0 Å². The summed E-state index contributed by atoms with van der Waals surface area (Å²) in [5.41, 5.74) is 0.853. The highest BCUT2D eigenvalue weighted by Crippen LogP contribution is 2.27. The van der Waals surface area contributed by atoms with Crippen LogP contribution < -0.4 is 5.32 Å². The molecule has 2 aromatic rings. The SMILES string of the molecule is C=CCC(C(=O)Nc1ncc(-c2ccccn2)s1)N(C)C. The number of nitrogens with zero attached hydrogens (tertiary/aromatic N) is 3. The van der Waals surface area contributed by atoms with Crippen LogP contribution in [0.2, 0.25) is 0 Å². The highest BCUT2D eigenvalue weighted by molar-refractivity contribution is 7.19. The molecule has 0 aliphatic carbocycles. The van der Waals surface area contributed by atoms with Crippen molar-refractivity contribution in [3.8, 4) is 10.6 Å². The first kappa shape index (κ1) is 15.3. The summed E-state index contributed by atoms with van der Waals surface area (Å²) < 4.78 is 0. The number of hydrogen-bond acceptors (Lipinski definition) is 5. The molecular weight excluding hydrogens is 284 g/mol. The first-order chi connectivity index (χ1) is 10.1. The highest BCUT2D eigenvalue weighted by atomic mass is 32.1. The van der Waals surface area contributed by atoms with Crippen LogP contribution in [0.25, 0.3) is 10.6 Å². The van der Waals surface area contributed by atoms with Crippen molar-refractivity contribution in [3.05, 3.63) is 43.2 Å². The number of thiazole rings is 1. The summed E-state index contributed by atoms with van der Waals surface area (Å²) in [6.45, 7) is 3.69. The number of amides is 1. The first-order valence-electron chi connectivity index (χ1n) is 6.57. The van der Waals surface area contributed by atoms with Crippen LogP contribution in [-0.2, 0) is 4.79 Å². The number of pyridine rings is 1. The summed E-state index contributed by atoms with van der Waals surface area (Å²) in [6, 6.07) is 5.46. The number of aromatic nitrogens is 2. The van der Waals surface area contributed by atoms with Crippen molar-refractivity contribution >= 4 is 22.4 Å². The molecular formula is C15H18N4OS. The molecule has 0 fully saturated rings. The number of nitrogens with one attached hydrogen (secondary N) is 1. The van der Waals surface area contributed by atoms with Crippen LogP contribution in [0.1, 0.15) is 6.42 Å². The van der Waals surface area contributed by atoms with Gasteiger partial charge in [-0.25, -0.2) is 4.98 Å². The van der Waals surface area contributed by atoms with E-state index in [-0.39, 0.29) is 11.9 Å². The van der Waals surface area contributed by atoms with Crippen LogP contribution in [0.3, 0.4) is 0 Å². The Balaban J connectivity index is 2.08. The Hall–Kier alpha value is -2.05. The lowest BCUT2D eigenvalue weighted by molar-refractivity contribution is -0.120. The monoisotopic (exact) mass is 302 g/mol. The third kappa shape index (κ3) is 3.96. The molecule has 1 N–H and O–H groups in total. The standard InChI is InChI=1S/C15H18N4OS/c1-4-7-12(19(2)3)14(20)18-15-17-10-13(21-15)11-8-5-6-9-16-11/h4-6,8-10,12H,1,7H2,2-3H3,(H,17,18,20). The molecule has 0 saturated heterocycles. The van der Waals surface area contributed by atoms with Crippen molar-refractivity contribution in [2.75, 3.05) is 19.4 Å². The van der Waals surface area contributed by atoms with E-state index in [0.717, 1.165) is 10.6 Å². The minimum absolute atomic E-state index is 0.0816. The van der Waals surface area contributed by atoms with Crippen molar-refractivity contribution in [1.29, 1.82) is 0 Å². The molecule has 110 valence electrons. The summed E-state index contributed by atoms with van der Waals surface area (Å²) in [7, 11) is 3.74. The second-order valence-electron chi connectivity index (χ2n) is 4.74. The van der Waals surface area contributed by atoms with Gasteiger partial charge in [-0.15, -0.1) is 6.58 Å². The summed E-state index contributed by atoms with van der Waals surface area (Å²) in [4.78, 5) is 23.5. The van der Waals surface area contributed by atoms with Crippen molar-refractivity contribution in [3.63, 3.8) is 0 Å². The Morgan fingerprint density at radius 2 is 2.29 bits per heavy atom. The average molecular weight is 302 g/mol. The van der Waals surface area contributed by atoms with Crippen LogP contribution in [0.15, 0.2) is 43.2 Å². The molecule has 0 aromatic carbocycles. The zero-order chi connectivity index (χ0) is 15.2. The summed E-state index contributed by atoms with van der Waals surface area (Å²) in [5.74, 6) is -0.0816. The van der Waals surface area contributed by atoms with Crippen molar-refractivity contribution in [1.82, 2.24) is 14.9 Å². The maximum Gasteiger partial charge on any atom is 0.243 e. The molecule has 0 radical (unpaired) electrons. The second kappa shape index (κ2) is 7.10. The maximum atomic E-state index is 12.2. The fraction of sp³-hybridized carbons (Fsp3) is 0.267. The van der Waals surface area contributed by atoms with Crippen LogP contribution in [-0.4, -0.2) is 40.9 Å². The molecule has 0 aliphatic heterocycles. The Kier molecular flexibility index (Phi) is 5.19. The van der Waals surface area contributed by atoms with E-state index in [4.69, 9.17) is 0 Å². The normalized spacial score (nSPS) is 12.1. The van der Waals surface area contributed by atoms with Gasteiger partial charge in [0.1, 0.15) is 0 Å². The van der Waals surface area contributed by atoms with Crippen LogP contribution >= 0.6 is 11.3 Å². The molecule has 1 atom stereocenters. The average Bonchev–Trinajstić information content (AvgIpc) is 2.93. The molecule has 6 heteroatoms. The maximum absolute atomic E-state index is 12.2. The van der Waals surface area contributed by atoms with E-state index in [0.29, 0.717) is 11.6 Å². The lowest BCUT2D eigenvalue weighted by Crippen LogP contribution is -2.39. The first-order valence-corrected chi connectivity index (χ1v) is 7.39. The zero-order valence-electron chi connectivity index (χ0n) is 12.1. The van der Waals surface area contributed by atoms with Gasteiger partial charge in [-0.2, -0.15) is 0 Å². The summed E-state index contributed by atoms with van der Waals surface area (Å²) in [6.07, 6.45) is 5.79. The van der Waals surface area contributed by atoms with Crippen molar-refractivity contribution in [2.24, 2.45) is 0 Å². The van der Waals surface area contributed by atoms with E-state index in [1.54, 1.807) is 18.5 Å². The number of rotatable bonds is 6. The number of carbonyl (C=O) groups is 1. The van der Waals surface area contributed by atoms with Gasteiger partial charge in [-0.05, 0) is 32.6 Å². The second-order valence-corrected chi connectivity index (χ2v) is 5.77. The molecule has 0 bridgehead atoms. The predicted octanol–water partition coefficient (Wildman–Crippen LogP) is 2.65. The summed E-state index contributed by atoms with van der Waals surface area (Å²) >= 11 is 1.41. The minimum Gasteiger partial charge on any atom is -0.301 e. The predicted molar refractivity (Wildman–Crippen MR) is 86.3 cm³/mol. The third-order valence-electron chi connectivity index (χ3n) is 2.97. The zero-order valence-corrected chi connectivity index (χ0v) is 12.9. The van der Waals surface area contributed by atoms with Crippen molar-refractivity contribution in [2.45, 2.75) is 12.5 Å². The molecule has 1 unspecified atom stereocenters. The minimum atomic E-state index is -0.246. The van der Waals surface area contributed by atoms with Gasteiger partial charge in [0.25, 0.3) is 0 Å². The molecule has 0 saturated carbocycles. The van der Waals surface area contributed by atoms with E-state index in [1.807, 2.05) is 37.2 Å².